The quantitative estimate of drug-likeness (QED) is 0.626. The molecule has 104 valence electrons. The number of Topliss-reactive ketones (excluding diaryl/α,β-unsaturated/α-hetero) is 1. The average molecular weight is 279 g/mol. The molecule has 1 heterocycles. The number of hydrogen-bond donors (Lipinski definition) is 0. The molecule has 0 aromatic heterocycles. The third kappa shape index (κ3) is 2.25. The SMILES string of the molecule is Cc1cccc(CN2C(=O)C(=O)c3ccccc3C2=O)c1. The van der Waals surface area contributed by atoms with Gasteiger partial charge in [0.2, 0.25) is 0 Å². The lowest BCUT2D eigenvalue weighted by molar-refractivity contribution is -0.124. The Hall–Kier alpha value is -2.75. The van der Waals surface area contributed by atoms with Crippen LogP contribution in [-0.4, -0.2) is 22.5 Å². The first-order valence-electron chi connectivity index (χ1n) is 6.63. The topological polar surface area (TPSA) is 54.5 Å². The lowest BCUT2D eigenvalue weighted by atomic mass is 9.97. The molecule has 21 heavy (non-hydrogen) atoms. The van der Waals surface area contributed by atoms with Gasteiger partial charge in [-0.1, -0.05) is 48.0 Å². The van der Waals surface area contributed by atoms with E-state index in [2.05, 4.69) is 0 Å². The monoisotopic (exact) mass is 279 g/mol. The molecule has 1 aliphatic heterocycles. The Labute approximate surface area is 122 Å². The van der Waals surface area contributed by atoms with E-state index in [1.165, 1.54) is 6.07 Å². The molecule has 0 saturated heterocycles. The van der Waals surface area contributed by atoms with Gasteiger partial charge in [-0.05, 0) is 18.6 Å². The van der Waals surface area contributed by atoms with Crippen molar-refractivity contribution in [3.05, 3.63) is 70.8 Å². The highest BCUT2D eigenvalue weighted by Gasteiger charge is 2.37. The molecule has 3 rings (SSSR count). The molecule has 0 atom stereocenters. The lowest BCUT2D eigenvalue weighted by Crippen LogP contribution is -2.45. The van der Waals surface area contributed by atoms with Gasteiger partial charge in [-0.15, -0.1) is 0 Å². The van der Waals surface area contributed by atoms with Crippen LogP contribution in [0, 0.1) is 6.92 Å². The van der Waals surface area contributed by atoms with E-state index in [1.54, 1.807) is 18.2 Å². The zero-order valence-corrected chi connectivity index (χ0v) is 11.5. The molecule has 0 radical (unpaired) electrons. The van der Waals surface area contributed by atoms with Crippen molar-refractivity contribution < 1.29 is 14.4 Å². The van der Waals surface area contributed by atoms with Crippen LogP contribution in [0.2, 0.25) is 0 Å². The number of nitrogens with zero attached hydrogens (tertiary/aromatic N) is 1. The summed E-state index contributed by atoms with van der Waals surface area (Å²) >= 11 is 0. The predicted octanol–water partition coefficient (Wildman–Crippen LogP) is 2.36. The van der Waals surface area contributed by atoms with Gasteiger partial charge in [0.15, 0.2) is 0 Å². The van der Waals surface area contributed by atoms with E-state index in [9.17, 15) is 14.4 Å². The van der Waals surface area contributed by atoms with E-state index in [0.29, 0.717) is 0 Å². The van der Waals surface area contributed by atoms with Gasteiger partial charge >= 0.3 is 5.91 Å². The van der Waals surface area contributed by atoms with Crippen molar-refractivity contribution in [3.63, 3.8) is 0 Å². The van der Waals surface area contributed by atoms with Gasteiger partial charge in [0.1, 0.15) is 0 Å². The van der Waals surface area contributed by atoms with Gasteiger partial charge in [0.05, 0.1) is 12.1 Å². The molecule has 0 saturated carbocycles. The third-order valence-electron chi connectivity index (χ3n) is 3.51. The van der Waals surface area contributed by atoms with E-state index in [1.807, 2.05) is 31.2 Å². The van der Waals surface area contributed by atoms with Crippen LogP contribution in [0.3, 0.4) is 0 Å². The number of benzene rings is 2. The summed E-state index contributed by atoms with van der Waals surface area (Å²) in [6.07, 6.45) is 0. The minimum Gasteiger partial charge on any atom is -0.283 e. The highest BCUT2D eigenvalue weighted by Crippen LogP contribution is 2.21. The summed E-state index contributed by atoms with van der Waals surface area (Å²) in [6.45, 7) is 2.04. The second-order valence-electron chi connectivity index (χ2n) is 5.06. The Bertz CT molecular complexity index is 764. The fourth-order valence-corrected chi connectivity index (χ4v) is 2.48. The summed E-state index contributed by atoms with van der Waals surface area (Å²) < 4.78 is 0. The summed E-state index contributed by atoms with van der Waals surface area (Å²) in [7, 11) is 0. The van der Waals surface area contributed by atoms with Crippen molar-refractivity contribution in [3.8, 4) is 0 Å². The van der Waals surface area contributed by atoms with E-state index in [-0.39, 0.29) is 17.7 Å². The maximum Gasteiger partial charge on any atom is 0.302 e. The smallest absolute Gasteiger partial charge is 0.283 e. The summed E-state index contributed by atoms with van der Waals surface area (Å²) in [4.78, 5) is 37.7. The molecular weight excluding hydrogens is 266 g/mol. The average Bonchev–Trinajstić information content (AvgIpc) is 2.49. The van der Waals surface area contributed by atoms with Crippen molar-refractivity contribution in [2.24, 2.45) is 0 Å². The minimum atomic E-state index is -0.764. The van der Waals surface area contributed by atoms with Crippen LogP contribution < -0.4 is 0 Å². The molecule has 4 nitrogen and oxygen atoms in total. The predicted molar refractivity (Wildman–Crippen MR) is 76.8 cm³/mol. The van der Waals surface area contributed by atoms with Gasteiger partial charge in [-0.2, -0.15) is 0 Å². The molecule has 0 aliphatic carbocycles. The summed E-state index contributed by atoms with van der Waals surface area (Å²) in [5, 5.41) is 0. The van der Waals surface area contributed by atoms with Gasteiger partial charge in [-0.3, -0.25) is 19.3 Å². The van der Waals surface area contributed by atoms with Crippen LogP contribution in [0.5, 0.6) is 0 Å². The second kappa shape index (κ2) is 4.98. The number of carbonyl (C=O) groups excluding carboxylic acids is 3. The molecule has 0 spiro atoms. The van der Waals surface area contributed by atoms with E-state index < -0.39 is 17.6 Å². The molecule has 0 fully saturated rings. The summed E-state index contributed by atoms with van der Waals surface area (Å²) in [6, 6.07) is 13.9. The number of rotatable bonds is 2. The molecule has 0 bridgehead atoms. The number of imide groups is 1. The number of carbonyl (C=O) groups is 3. The van der Waals surface area contributed by atoms with Gasteiger partial charge < -0.3 is 0 Å². The maximum absolute atomic E-state index is 12.4. The Morgan fingerprint density at radius 2 is 1.57 bits per heavy atom. The van der Waals surface area contributed by atoms with Crippen molar-refractivity contribution in [1.82, 2.24) is 4.90 Å². The number of ketones is 1. The Balaban J connectivity index is 1.99. The summed E-state index contributed by atoms with van der Waals surface area (Å²) in [5.41, 5.74) is 2.34. The van der Waals surface area contributed by atoms with Crippen LogP contribution in [-0.2, 0) is 11.3 Å². The molecule has 4 heteroatoms. The Morgan fingerprint density at radius 3 is 2.29 bits per heavy atom. The van der Waals surface area contributed by atoms with Crippen LogP contribution in [0.4, 0.5) is 0 Å². The van der Waals surface area contributed by atoms with E-state index >= 15 is 0 Å². The van der Waals surface area contributed by atoms with Crippen LogP contribution in [0.1, 0.15) is 31.8 Å². The van der Waals surface area contributed by atoms with Crippen molar-refractivity contribution in [1.29, 1.82) is 0 Å². The Morgan fingerprint density at radius 1 is 0.857 bits per heavy atom. The first kappa shape index (κ1) is 13.2. The Kier molecular flexibility index (Phi) is 3.14. The minimum absolute atomic E-state index is 0.111. The van der Waals surface area contributed by atoms with Crippen LogP contribution >= 0.6 is 0 Å². The zero-order chi connectivity index (χ0) is 15.0. The lowest BCUT2D eigenvalue weighted by Gasteiger charge is -2.25. The molecule has 1 aliphatic rings. The van der Waals surface area contributed by atoms with Crippen molar-refractivity contribution in [2.75, 3.05) is 0 Å². The maximum atomic E-state index is 12.4. The van der Waals surface area contributed by atoms with Crippen LogP contribution in [0.25, 0.3) is 0 Å². The van der Waals surface area contributed by atoms with Gasteiger partial charge in [0, 0.05) is 5.56 Å². The first-order chi connectivity index (χ1) is 10.1. The fourth-order valence-electron chi connectivity index (χ4n) is 2.48. The van der Waals surface area contributed by atoms with E-state index in [4.69, 9.17) is 0 Å². The number of amides is 2. The number of aryl methyl sites for hydroxylation is 1. The molecular formula is C17H13NO3. The number of fused-ring (bicyclic) bond motifs is 1. The second-order valence-corrected chi connectivity index (χ2v) is 5.06. The highest BCUT2D eigenvalue weighted by molar-refractivity contribution is 6.49. The standard InChI is InChI=1S/C17H13NO3/c1-11-5-4-6-12(9-11)10-18-16(20)14-8-3-2-7-13(14)15(19)17(18)21/h2-9H,10H2,1H3. The zero-order valence-electron chi connectivity index (χ0n) is 11.5. The number of hydrogen-bond acceptors (Lipinski definition) is 3. The summed E-state index contributed by atoms with van der Waals surface area (Å²) in [5.74, 6) is -1.81. The van der Waals surface area contributed by atoms with Crippen molar-refractivity contribution >= 4 is 17.6 Å². The van der Waals surface area contributed by atoms with Gasteiger partial charge in [0.25, 0.3) is 11.7 Å². The van der Waals surface area contributed by atoms with Gasteiger partial charge in [-0.25, -0.2) is 0 Å². The molecule has 2 aromatic rings. The molecule has 2 aromatic carbocycles. The van der Waals surface area contributed by atoms with E-state index in [0.717, 1.165) is 16.0 Å². The highest BCUT2D eigenvalue weighted by atomic mass is 16.2. The fraction of sp³-hybridized carbons (Fsp3) is 0.118. The molecule has 0 N–H and O–H groups in total. The third-order valence-corrected chi connectivity index (χ3v) is 3.51. The molecule has 0 unspecified atom stereocenters. The normalized spacial score (nSPS) is 14.3. The first-order valence-corrected chi connectivity index (χ1v) is 6.63. The largest absolute Gasteiger partial charge is 0.302 e. The van der Waals surface area contributed by atoms with Crippen molar-refractivity contribution in [2.45, 2.75) is 13.5 Å². The van der Waals surface area contributed by atoms with Crippen LogP contribution in [0.15, 0.2) is 48.5 Å². The molecule has 2 amide bonds.